The third-order valence-corrected chi connectivity index (χ3v) is 5.51. The zero-order valence-electron chi connectivity index (χ0n) is 16.5. The van der Waals surface area contributed by atoms with Crippen molar-refractivity contribution in [3.63, 3.8) is 0 Å². The van der Waals surface area contributed by atoms with E-state index in [1.165, 1.54) is 5.56 Å². The standard InChI is InChI=1S/C22H25N5O2/c1-25(12-9-17-5-3-2-4-6-17)19-10-13-27(16-19)22(29)21(28)24-18-7-8-20-23-11-14-26(20)15-18/h2-8,11,14-15,19H,9-10,12-13,16H2,1H3,(H,24,28). The maximum Gasteiger partial charge on any atom is 0.313 e. The number of pyridine rings is 1. The van der Waals surface area contributed by atoms with Crippen molar-refractivity contribution in [1.82, 2.24) is 19.2 Å². The largest absolute Gasteiger partial charge is 0.333 e. The molecule has 0 spiro atoms. The molecule has 0 bridgehead atoms. The number of nitrogens with zero attached hydrogens (tertiary/aromatic N) is 4. The number of rotatable bonds is 5. The summed E-state index contributed by atoms with van der Waals surface area (Å²) >= 11 is 0. The number of likely N-dealkylation sites (N-methyl/N-ethyl adjacent to an activating group) is 1. The predicted molar refractivity (Wildman–Crippen MR) is 112 cm³/mol. The molecule has 7 nitrogen and oxygen atoms in total. The molecule has 1 fully saturated rings. The molecule has 1 aliphatic rings. The summed E-state index contributed by atoms with van der Waals surface area (Å²) in [7, 11) is 2.09. The van der Waals surface area contributed by atoms with Crippen molar-refractivity contribution >= 4 is 23.1 Å². The van der Waals surface area contributed by atoms with E-state index in [1.54, 1.807) is 40.0 Å². The Kier molecular flexibility index (Phi) is 5.57. The van der Waals surface area contributed by atoms with E-state index in [1.807, 2.05) is 6.07 Å². The lowest BCUT2D eigenvalue weighted by Crippen LogP contribution is -2.41. The van der Waals surface area contributed by atoms with Gasteiger partial charge in [0.15, 0.2) is 0 Å². The van der Waals surface area contributed by atoms with Crippen LogP contribution in [0.1, 0.15) is 12.0 Å². The van der Waals surface area contributed by atoms with Crippen molar-refractivity contribution in [2.45, 2.75) is 18.9 Å². The number of carbonyl (C=O) groups excluding carboxylic acids is 2. The van der Waals surface area contributed by atoms with Gasteiger partial charge in [0.05, 0.1) is 5.69 Å². The maximum atomic E-state index is 12.6. The van der Waals surface area contributed by atoms with Crippen molar-refractivity contribution in [1.29, 1.82) is 0 Å². The smallest absolute Gasteiger partial charge is 0.313 e. The molecule has 3 heterocycles. The Labute approximate surface area is 169 Å². The molecule has 1 saturated heterocycles. The third-order valence-electron chi connectivity index (χ3n) is 5.51. The van der Waals surface area contributed by atoms with Crippen LogP contribution < -0.4 is 5.32 Å². The first-order valence-corrected chi connectivity index (χ1v) is 9.87. The van der Waals surface area contributed by atoms with E-state index >= 15 is 0 Å². The van der Waals surface area contributed by atoms with Gasteiger partial charge in [0, 0.05) is 44.3 Å². The summed E-state index contributed by atoms with van der Waals surface area (Å²) in [6, 6.07) is 14.2. The van der Waals surface area contributed by atoms with Crippen molar-refractivity contribution in [2.75, 3.05) is 32.0 Å². The minimum absolute atomic E-state index is 0.276. The monoisotopic (exact) mass is 391 g/mol. The van der Waals surface area contributed by atoms with Crippen LogP contribution >= 0.6 is 0 Å². The number of benzene rings is 1. The molecule has 0 radical (unpaired) electrons. The highest BCUT2D eigenvalue weighted by Gasteiger charge is 2.31. The Morgan fingerprint density at radius 3 is 2.86 bits per heavy atom. The van der Waals surface area contributed by atoms with Crippen LogP contribution in [0.3, 0.4) is 0 Å². The van der Waals surface area contributed by atoms with E-state index in [0.29, 0.717) is 18.8 Å². The number of hydrogen-bond donors (Lipinski definition) is 1. The topological polar surface area (TPSA) is 70.0 Å². The maximum absolute atomic E-state index is 12.6. The second kappa shape index (κ2) is 8.45. The van der Waals surface area contributed by atoms with Gasteiger partial charge >= 0.3 is 11.8 Å². The Bertz CT molecular complexity index is 1000. The minimum atomic E-state index is -0.600. The Balaban J connectivity index is 1.29. The zero-order valence-corrected chi connectivity index (χ0v) is 16.5. The van der Waals surface area contributed by atoms with E-state index in [-0.39, 0.29) is 6.04 Å². The van der Waals surface area contributed by atoms with Crippen molar-refractivity contribution in [3.8, 4) is 0 Å². The van der Waals surface area contributed by atoms with E-state index in [2.05, 4.69) is 46.5 Å². The molecule has 1 N–H and O–H groups in total. The molecule has 1 atom stereocenters. The average Bonchev–Trinajstić information content (AvgIpc) is 3.41. The number of aromatic nitrogens is 2. The minimum Gasteiger partial charge on any atom is -0.333 e. The number of nitrogens with one attached hydrogen (secondary N) is 1. The van der Waals surface area contributed by atoms with Crippen LogP contribution in [0.25, 0.3) is 5.65 Å². The van der Waals surface area contributed by atoms with E-state index in [4.69, 9.17) is 0 Å². The number of carbonyl (C=O) groups is 2. The molecule has 2 amide bonds. The molecular weight excluding hydrogens is 366 g/mol. The number of imidazole rings is 1. The number of hydrogen-bond acceptors (Lipinski definition) is 4. The van der Waals surface area contributed by atoms with Gasteiger partial charge in [-0.25, -0.2) is 4.98 Å². The van der Waals surface area contributed by atoms with E-state index in [0.717, 1.165) is 25.0 Å². The van der Waals surface area contributed by atoms with E-state index in [9.17, 15) is 9.59 Å². The number of likely N-dealkylation sites (tertiary alicyclic amines) is 1. The molecule has 1 aromatic carbocycles. The molecule has 4 rings (SSSR count). The van der Waals surface area contributed by atoms with Crippen LogP contribution in [0.2, 0.25) is 0 Å². The summed E-state index contributed by atoms with van der Waals surface area (Å²) in [4.78, 5) is 33.1. The lowest BCUT2D eigenvalue weighted by Gasteiger charge is -2.24. The molecule has 7 heteroatoms. The second-order valence-corrected chi connectivity index (χ2v) is 7.47. The van der Waals surface area contributed by atoms with Crippen molar-refractivity contribution < 1.29 is 9.59 Å². The van der Waals surface area contributed by atoms with Gasteiger partial charge in [0.25, 0.3) is 0 Å². The van der Waals surface area contributed by atoms with Gasteiger partial charge < -0.3 is 19.5 Å². The average molecular weight is 391 g/mol. The fourth-order valence-corrected chi connectivity index (χ4v) is 3.74. The molecule has 1 unspecified atom stereocenters. The summed E-state index contributed by atoms with van der Waals surface area (Å²) in [6.45, 7) is 2.11. The van der Waals surface area contributed by atoms with Crippen molar-refractivity contribution in [3.05, 3.63) is 66.6 Å². The second-order valence-electron chi connectivity index (χ2n) is 7.47. The third kappa shape index (κ3) is 4.46. The van der Waals surface area contributed by atoms with Gasteiger partial charge in [-0.1, -0.05) is 30.3 Å². The fourth-order valence-electron chi connectivity index (χ4n) is 3.74. The van der Waals surface area contributed by atoms with Crippen LogP contribution in [-0.4, -0.2) is 63.7 Å². The highest BCUT2D eigenvalue weighted by Crippen LogP contribution is 2.16. The number of amides is 2. The SMILES string of the molecule is CN(CCc1ccccc1)C1CCN(C(=O)C(=O)Nc2ccc3nccn3c2)C1. The van der Waals surface area contributed by atoms with Crippen LogP contribution in [0, 0.1) is 0 Å². The molecule has 29 heavy (non-hydrogen) atoms. The predicted octanol–water partition coefficient (Wildman–Crippen LogP) is 2.05. The highest BCUT2D eigenvalue weighted by atomic mass is 16.2. The van der Waals surface area contributed by atoms with Crippen LogP contribution in [0.4, 0.5) is 5.69 Å². The van der Waals surface area contributed by atoms with Crippen molar-refractivity contribution in [2.24, 2.45) is 0 Å². The number of anilines is 1. The van der Waals surface area contributed by atoms with Gasteiger partial charge in [-0.05, 0) is 37.6 Å². The highest BCUT2D eigenvalue weighted by molar-refractivity contribution is 6.39. The summed E-state index contributed by atoms with van der Waals surface area (Å²) in [5.41, 5.74) is 2.67. The molecular formula is C22H25N5O2. The first-order valence-electron chi connectivity index (χ1n) is 9.87. The van der Waals surface area contributed by atoms with Crippen LogP contribution in [0.5, 0.6) is 0 Å². The lowest BCUT2D eigenvalue weighted by molar-refractivity contribution is -0.142. The summed E-state index contributed by atoms with van der Waals surface area (Å²) in [5.74, 6) is -1.08. The molecule has 2 aromatic heterocycles. The molecule has 150 valence electrons. The normalized spacial score (nSPS) is 16.5. The fraction of sp³-hybridized carbons (Fsp3) is 0.318. The molecule has 3 aromatic rings. The van der Waals surface area contributed by atoms with E-state index < -0.39 is 11.8 Å². The van der Waals surface area contributed by atoms with Gasteiger partial charge in [0.1, 0.15) is 5.65 Å². The first-order chi connectivity index (χ1) is 14.1. The molecule has 0 aliphatic carbocycles. The quantitative estimate of drug-likeness (QED) is 0.676. The van der Waals surface area contributed by atoms with Crippen LogP contribution in [0.15, 0.2) is 61.1 Å². The zero-order chi connectivity index (χ0) is 20.2. The Morgan fingerprint density at radius 2 is 2.03 bits per heavy atom. The summed E-state index contributed by atoms with van der Waals surface area (Å²) in [5, 5.41) is 2.70. The first kappa shape index (κ1) is 19.1. The van der Waals surface area contributed by atoms with Gasteiger partial charge in [-0.3, -0.25) is 9.59 Å². The van der Waals surface area contributed by atoms with Gasteiger partial charge in [0.2, 0.25) is 0 Å². The lowest BCUT2D eigenvalue weighted by atomic mass is 10.1. The molecule has 1 aliphatic heterocycles. The Morgan fingerprint density at radius 1 is 1.21 bits per heavy atom. The Hall–Kier alpha value is -3.19. The van der Waals surface area contributed by atoms with Gasteiger partial charge in [-0.2, -0.15) is 0 Å². The summed E-state index contributed by atoms with van der Waals surface area (Å²) in [6.07, 6.45) is 7.08. The van der Waals surface area contributed by atoms with Gasteiger partial charge in [-0.15, -0.1) is 0 Å². The number of fused-ring (bicyclic) bond motifs is 1. The molecule has 0 saturated carbocycles. The van der Waals surface area contributed by atoms with Crippen LogP contribution in [-0.2, 0) is 16.0 Å². The summed E-state index contributed by atoms with van der Waals surface area (Å²) < 4.78 is 1.80.